The second-order valence-corrected chi connectivity index (χ2v) is 6.05. The second-order valence-electron chi connectivity index (χ2n) is 6.05. The maximum absolute atomic E-state index is 12.8. The Morgan fingerprint density at radius 3 is 2.37 bits per heavy atom. The van der Waals surface area contributed by atoms with Crippen LogP contribution in [0.25, 0.3) is 5.69 Å². The number of ether oxygens (including phenoxy) is 1. The number of aryl methyl sites for hydroxylation is 2. The van der Waals surface area contributed by atoms with Crippen molar-refractivity contribution in [2.45, 2.75) is 20.0 Å². The summed E-state index contributed by atoms with van der Waals surface area (Å²) in [7, 11) is 1.55. The molecule has 0 saturated heterocycles. The number of nitrogens with zero attached hydrogens (tertiary/aromatic N) is 6. The fraction of sp³-hybridized carbons (Fsp3) is 0.250. The van der Waals surface area contributed by atoms with Crippen LogP contribution < -0.4 is 33.0 Å². The maximum atomic E-state index is 12.8. The van der Waals surface area contributed by atoms with Gasteiger partial charge < -0.3 is 4.74 Å². The predicted octanol–water partition coefficient (Wildman–Crippen LogP) is -2.15. The monoisotopic (exact) mass is 416 g/mol. The number of hydrogen-bond acceptors (Lipinski definition) is 9. The quantitative estimate of drug-likeness (QED) is 0.189. The molecular formula is C16H20N10O4. The number of nitrogens with one attached hydrogen (secondary N) is 2. The van der Waals surface area contributed by atoms with Gasteiger partial charge in [-0.15, -0.1) is 5.10 Å². The number of hydrazine groups is 2. The van der Waals surface area contributed by atoms with Crippen molar-refractivity contribution < 1.29 is 14.3 Å². The Morgan fingerprint density at radius 1 is 1.10 bits per heavy atom. The van der Waals surface area contributed by atoms with Gasteiger partial charge in [0.2, 0.25) is 0 Å². The lowest BCUT2D eigenvalue weighted by molar-refractivity contribution is 0.0910. The summed E-state index contributed by atoms with van der Waals surface area (Å²) in [6.45, 7) is 1.82. The van der Waals surface area contributed by atoms with Gasteiger partial charge in [0.25, 0.3) is 11.8 Å². The molecule has 0 aliphatic rings. The Balaban J connectivity index is 1.89. The molecule has 158 valence electrons. The van der Waals surface area contributed by atoms with Gasteiger partial charge in [-0.05, 0) is 31.2 Å². The van der Waals surface area contributed by atoms with E-state index in [9.17, 15) is 14.4 Å². The van der Waals surface area contributed by atoms with Gasteiger partial charge in [-0.2, -0.15) is 9.78 Å². The highest BCUT2D eigenvalue weighted by Crippen LogP contribution is 2.13. The summed E-state index contributed by atoms with van der Waals surface area (Å²) >= 11 is 0. The minimum Gasteiger partial charge on any atom is -0.497 e. The van der Waals surface area contributed by atoms with Crippen LogP contribution in [0.3, 0.4) is 0 Å². The number of amides is 2. The van der Waals surface area contributed by atoms with Crippen LogP contribution in [0.15, 0.2) is 29.1 Å². The molecule has 0 unspecified atom stereocenters. The molecule has 0 aliphatic heterocycles. The number of rotatable bonds is 7. The molecule has 3 rings (SSSR count). The Kier molecular flexibility index (Phi) is 5.89. The van der Waals surface area contributed by atoms with E-state index in [1.807, 2.05) is 10.9 Å². The molecule has 0 atom stereocenters. The zero-order valence-corrected chi connectivity index (χ0v) is 16.2. The lowest BCUT2D eigenvalue weighted by atomic mass is 10.3. The first-order valence-corrected chi connectivity index (χ1v) is 8.67. The number of nitrogens with two attached hydrogens (primary N) is 2. The Labute approximate surface area is 169 Å². The molecule has 30 heavy (non-hydrogen) atoms. The lowest BCUT2D eigenvalue weighted by Crippen LogP contribution is -2.36. The van der Waals surface area contributed by atoms with Crippen molar-refractivity contribution >= 4 is 11.8 Å². The SMILES string of the molecule is COc1ccc(-n2nc(C)n(CCn3nnc(C(=O)NN)c3C(=O)NN)c2=O)cc1. The molecule has 2 aromatic heterocycles. The summed E-state index contributed by atoms with van der Waals surface area (Å²) in [4.78, 5) is 36.7. The molecule has 2 amide bonds. The molecule has 14 heteroatoms. The molecule has 2 heterocycles. The minimum atomic E-state index is -0.805. The van der Waals surface area contributed by atoms with E-state index < -0.39 is 11.8 Å². The molecule has 0 spiro atoms. The molecule has 14 nitrogen and oxygen atoms in total. The number of nitrogen functional groups attached to an aromatic ring is 2. The molecule has 0 aliphatic carbocycles. The highest BCUT2D eigenvalue weighted by atomic mass is 16.5. The summed E-state index contributed by atoms with van der Waals surface area (Å²) in [6.07, 6.45) is 0. The van der Waals surface area contributed by atoms with Crippen LogP contribution in [0, 0.1) is 6.92 Å². The van der Waals surface area contributed by atoms with E-state index in [0.717, 1.165) is 4.68 Å². The van der Waals surface area contributed by atoms with Crippen molar-refractivity contribution in [2.24, 2.45) is 11.7 Å². The first kappa shape index (κ1) is 20.7. The van der Waals surface area contributed by atoms with E-state index in [1.165, 1.54) is 9.25 Å². The summed E-state index contributed by atoms with van der Waals surface area (Å²) in [5.74, 6) is 9.79. The number of aromatic nitrogens is 6. The standard InChI is InChI=1S/C16H20N10O4/c1-9-22-26(10-3-5-11(30-2)6-4-10)16(29)24(9)7-8-25-13(15(28)20-18)12(21-23-25)14(27)19-17/h3-6H,7-8,17-18H2,1-2H3,(H,19,27)(H,20,28). The van der Waals surface area contributed by atoms with Crippen LogP contribution in [0.5, 0.6) is 5.75 Å². The van der Waals surface area contributed by atoms with Gasteiger partial charge in [0.05, 0.1) is 19.3 Å². The van der Waals surface area contributed by atoms with Gasteiger partial charge in [0.1, 0.15) is 11.6 Å². The third-order valence-corrected chi connectivity index (χ3v) is 4.33. The fourth-order valence-electron chi connectivity index (χ4n) is 2.82. The molecular weight excluding hydrogens is 396 g/mol. The number of methoxy groups -OCH3 is 1. The van der Waals surface area contributed by atoms with E-state index in [-0.39, 0.29) is 30.2 Å². The lowest BCUT2D eigenvalue weighted by Gasteiger charge is -2.07. The summed E-state index contributed by atoms with van der Waals surface area (Å²) in [5, 5.41) is 11.7. The highest BCUT2D eigenvalue weighted by molar-refractivity contribution is 6.04. The van der Waals surface area contributed by atoms with Crippen molar-refractivity contribution in [1.82, 2.24) is 40.2 Å². The molecule has 0 fully saturated rings. The van der Waals surface area contributed by atoms with Gasteiger partial charge in [0, 0.05) is 6.54 Å². The van der Waals surface area contributed by atoms with Crippen molar-refractivity contribution in [2.75, 3.05) is 7.11 Å². The highest BCUT2D eigenvalue weighted by Gasteiger charge is 2.25. The smallest absolute Gasteiger partial charge is 0.350 e. The summed E-state index contributed by atoms with van der Waals surface area (Å²) < 4.78 is 8.92. The average molecular weight is 416 g/mol. The Bertz CT molecular complexity index is 1130. The average Bonchev–Trinajstić information content (AvgIpc) is 3.32. The van der Waals surface area contributed by atoms with E-state index in [4.69, 9.17) is 16.4 Å². The van der Waals surface area contributed by atoms with E-state index >= 15 is 0 Å². The topological polar surface area (TPSA) is 190 Å². The molecule has 0 bridgehead atoms. The fourth-order valence-corrected chi connectivity index (χ4v) is 2.82. The van der Waals surface area contributed by atoms with Crippen LogP contribution in [0.2, 0.25) is 0 Å². The summed E-state index contributed by atoms with van der Waals surface area (Å²) in [6, 6.07) is 6.84. The van der Waals surface area contributed by atoms with Crippen molar-refractivity contribution in [3.63, 3.8) is 0 Å². The molecule has 1 aromatic carbocycles. The van der Waals surface area contributed by atoms with Crippen LogP contribution in [-0.2, 0) is 13.1 Å². The third kappa shape index (κ3) is 3.76. The van der Waals surface area contributed by atoms with Crippen LogP contribution in [0.1, 0.15) is 26.8 Å². The van der Waals surface area contributed by atoms with Gasteiger partial charge >= 0.3 is 5.69 Å². The van der Waals surface area contributed by atoms with E-state index in [2.05, 4.69) is 15.4 Å². The molecule has 0 radical (unpaired) electrons. The molecule has 6 N–H and O–H groups in total. The first-order valence-electron chi connectivity index (χ1n) is 8.67. The summed E-state index contributed by atoms with van der Waals surface area (Å²) in [5.41, 5.74) is 3.51. The van der Waals surface area contributed by atoms with Crippen molar-refractivity contribution in [3.8, 4) is 11.4 Å². The van der Waals surface area contributed by atoms with E-state index in [0.29, 0.717) is 17.3 Å². The second kappa shape index (κ2) is 8.54. The van der Waals surface area contributed by atoms with Gasteiger partial charge in [-0.1, -0.05) is 5.21 Å². The largest absolute Gasteiger partial charge is 0.497 e. The zero-order chi connectivity index (χ0) is 21.8. The van der Waals surface area contributed by atoms with Gasteiger partial charge in [-0.25, -0.2) is 21.2 Å². The third-order valence-electron chi connectivity index (χ3n) is 4.33. The van der Waals surface area contributed by atoms with Crippen LogP contribution >= 0.6 is 0 Å². The first-order chi connectivity index (χ1) is 14.4. The number of carbonyl (C=O) groups is 2. The maximum Gasteiger partial charge on any atom is 0.350 e. The minimum absolute atomic E-state index is 0.0443. The Morgan fingerprint density at radius 2 is 1.77 bits per heavy atom. The number of benzene rings is 1. The van der Waals surface area contributed by atoms with Crippen molar-refractivity contribution in [3.05, 3.63) is 52.0 Å². The predicted molar refractivity (Wildman–Crippen MR) is 102 cm³/mol. The van der Waals surface area contributed by atoms with Gasteiger partial charge in [-0.3, -0.25) is 25.0 Å². The zero-order valence-electron chi connectivity index (χ0n) is 16.2. The Hall–Kier alpha value is -4.04. The number of carbonyl (C=O) groups excluding carboxylic acids is 2. The van der Waals surface area contributed by atoms with Crippen LogP contribution in [-0.4, -0.2) is 48.3 Å². The van der Waals surface area contributed by atoms with Crippen molar-refractivity contribution in [1.29, 1.82) is 0 Å². The van der Waals surface area contributed by atoms with Gasteiger partial charge in [0.15, 0.2) is 11.4 Å². The number of hydrogen-bond donors (Lipinski definition) is 4. The molecule has 3 aromatic rings. The molecule has 0 saturated carbocycles. The van der Waals surface area contributed by atoms with E-state index in [1.54, 1.807) is 38.3 Å². The normalized spacial score (nSPS) is 10.7. The van der Waals surface area contributed by atoms with Crippen LogP contribution in [0.4, 0.5) is 0 Å².